The first kappa shape index (κ1) is 14.5. The summed E-state index contributed by atoms with van der Waals surface area (Å²) in [5.41, 5.74) is 5.40. The average molecular weight is 285 g/mol. The number of nitrogens with two attached hydrogens (primary N) is 1. The van der Waals surface area contributed by atoms with E-state index in [0.29, 0.717) is 36.7 Å². The molecular formula is C13H14F3N3O. The first-order valence-electron chi connectivity index (χ1n) is 6.16. The second-order valence-electron chi connectivity index (χ2n) is 4.37. The molecule has 1 heterocycles. The van der Waals surface area contributed by atoms with Crippen molar-refractivity contribution in [2.75, 3.05) is 6.54 Å². The van der Waals surface area contributed by atoms with Crippen LogP contribution in [0.2, 0.25) is 0 Å². The van der Waals surface area contributed by atoms with Crippen molar-refractivity contribution in [3.05, 3.63) is 47.1 Å². The molecule has 0 atom stereocenters. The highest BCUT2D eigenvalue weighted by Crippen LogP contribution is 2.29. The van der Waals surface area contributed by atoms with E-state index in [4.69, 9.17) is 10.3 Å². The number of aromatic nitrogens is 2. The molecule has 0 bridgehead atoms. The lowest BCUT2D eigenvalue weighted by Crippen LogP contribution is -2.04. The van der Waals surface area contributed by atoms with Gasteiger partial charge in [0.2, 0.25) is 5.89 Å². The first-order valence-corrected chi connectivity index (χ1v) is 6.16. The Bertz CT molecular complexity index is 549. The van der Waals surface area contributed by atoms with Gasteiger partial charge in [-0.15, -0.1) is 0 Å². The summed E-state index contributed by atoms with van der Waals surface area (Å²) in [7, 11) is 0. The predicted octanol–water partition coefficient (Wildman–Crippen LogP) is 2.57. The maximum Gasteiger partial charge on any atom is 0.416 e. The van der Waals surface area contributed by atoms with E-state index in [0.717, 1.165) is 18.6 Å². The van der Waals surface area contributed by atoms with Gasteiger partial charge in [0.1, 0.15) is 0 Å². The number of aryl methyl sites for hydroxylation is 1. The van der Waals surface area contributed by atoms with E-state index in [9.17, 15) is 13.2 Å². The molecule has 0 fully saturated rings. The monoisotopic (exact) mass is 285 g/mol. The summed E-state index contributed by atoms with van der Waals surface area (Å²) in [5.74, 6) is 0.953. The Kier molecular flexibility index (Phi) is 4.39. The van der Waals surface area contributed by atoms with Crippen LogP contribution in [0.15, 0.2) is 28.8 Å². The number of rotatable bonds is 5. The normalized spacial score (nSPS) is 11.8. The van der Waals surface area contributed by atoms with Crippen LogP contribution in [0.25, 0.3) is 0 Å². The molecule has 0 aliphatic carbocycles. The van der Waals surface area contributed by atoms with Crippen molar-refractivity contribution >= 4 is 0 Å². The van der Waals surface area contributed by atoms with Crippen molar-refractivity contribution in [1.29, 1.82) is 0 Å². The Morgan fingerprint density at radius 1 is 1.15 bits per heavy atom. The maximum absolute atomic E-state index is 12.4. The van der Waals surface area contributed by atoms with Gasteiger partial charge in [-0.1, -0.05) is 17.3 Å². The fourth-order valence-electron chi connectivity index (χ4n) is 1.71. The largest absolute Gasteiger partial charge is 0.416 e. The van der Waals surface area contributed by atoms with Crippen LogP contribution in [0.3, 0.4) is 0 Å². The molecule has 7 heteroatoms. The van der Waals surface area contributed by atoms with Crippen LogP contribution in [0.1, 0.15) is 29.3 Å². The molecule has 0 spiro atoms. The molecule has 2 rings (SSSR count). The minimum atomic E-state index is -4.32. The molecule has 0 amide bonds. The van der Waals surface area contributed by atoms with Gasteiger partial charge in [-0.3, -0.25) is 0 Å². The zero-order valence-electron chi connectivity index (χ0n) is 10.7. The van der Waals surface area contributed by atoms with Crippen LogP contribution >= 0.6 is 0 Å². The Morgan fingerprint density at radius 3 is 2.45 bits per heavy atom. The van der Waals surface area contributed by atoms with Gasteiger partial charge in [-0.2, -0.15) is 18.2 Å². The van der Waals surface area contributed by atoms with E-state index in [1.54, 1.807) is 0 Å². The quantitative estimate of drug-likeness (QED) is 0.917. The van der Waals surface area contributed by atoms with Crippen LogP contribution < -0.4 is 5.73 Å². The van der Waals surface area contributed by atoms with E-state index in [2.05, 4.69) is 10.1 Å². The van der Waals surface area contributed by atoms with Crippen LogP contribution in [-0.2, 0) is 19.0 Å². The summed E-state index contributed by atoms with van der Waals surface area (Å²) < 4.78 is 42.3. The van der Waals surface area contributed by atoms with Crippen LogP contribution in [-0.4, -0.2) is 16.7 Å². The highest BCUT2D eigenvalue weighted by molar-refractivity contribution is 5.26. The highest BCUT2D eigenvalue weighted by atomic mass is 19.4. The second-order valence-corrected chi connectivity index (χ2v) is 4.37. The summed E-state index contributed by atoms with van der Waals surface area (Å²) in [5, 5.41) is 3.79. The Balaban J connectivity index is 2.01. The fourth-order valence-corrected chi connectivity index (χ4v) is 1.71. The Hall–Kier alpha value is -1.89. The maximum atomic E-state index is 12.4. The molecule has 0 radical (unpaired) electrons. The Labute approximate surface area is 113 Å². The zero-order valence-corrected chi connectivity index (χ0v) is 10.7. The van der Waals surface area contributed by atoms with Crippen molar-refractivity contribution in [3.63, 3.8) is 0 Å². The van der Waals surface area contributed by atoms with Crippen molar-refractivity contribution in [3.8, 4) is 0 Å². The van der Waals surface area contributed by atoms with Gasteiger partial charge >= 0.3 is 6.18 Å². The summed E-state index contributed by atoms with van der Waals surface area (Å²) in [6.07, 6.45) is -2.62. The Morgan fingerprint density at radius 2 is 1.85 bits per heavy atom. The van der Waals surface area contributed by atoms with Crippen LogP contribution in [0.4, 0.5) is 13.2 Å². The number of nitrogens with zero attached hydrogens (tertiary/aromatic N) is 2. The SMILES string of the molecule is NCCCc1nc(Cc2ccc(C(F)(F)F)cc2)no1. The molecular weight excluding hydrogens is 271 g/mol. The molecule has 4 nitrogen and oxygen atoms in total. The summed E-state index contributed by atoms with van der Waals surface area (Å²) >= 11 is 0. The third-order valence-electron chi connectivity index (χ3n) is 2.75. The van der Waals surface area contributed by atoms with Crippen LogP contribution in [0, 0.1) is 0 Å². The predicted molar refractivity (Wildman–Crippen MR) is 65.9 cm³/mol. The molecule has 0 unspecified atom stereocenters. The van der Waals surface area contributed by atoms with E-state index in [1.807, 2.05) is 0 Å². The summed E-state index contributed by atoms with van der Waals surface area (Å²) in [4.78, 5) is 4.16. The molecule has 1 aromatic carbocycles. The van der Waals surface area contributed by atoms with Gasteiger partial charge in [0.05, 0.1) is 5.56 Å². The molecule has 0 saturated carbocycles. The van der Waals surface area contributed by atoms with E-state index >= 15 is 0 Å². The number of halogens is 3. The molecule has 1 aromatic heterocycles. The number of hydrogen-bond donors (Lipinski definition) is 1. The lowest BCUT2D eigenvalue weighted by molar-refractivity contribution is -0.137. The fraction of sp³-hybridized carbons (Fsp3) is 0.385. The molecule has 20 heavy (non-hydrogen) atoms. The number of alkyl halides is 3. The minimum Gasteiger partial charge on any atom is -0.339 e. The minimum absolute atomic E-state index is 0.338. The van der Waals surface area contributed by atoms with E-state index in [-0.39, 0.29) is 0 Å². The topological polar surface area (TPSA) is 64.9 Å². The highest BCUT2D eigenvalue weighted by Gasteiger charge is 2.29. The van der Waals surface area contributed by atoms with Crippen LogP contribution in [0.5, 0.6) is 0 Å². The van der Waals surface area contributed by atoms with Gasteiger partial charge in [-0.25, -0.2) is 0 Å². The van der Waals surface area contributed by atoms with Crippen molar-refractivity contribution in [1.82, 2.24) is 10.1 Å². The van der Waals surface area contributed by atoms with Gasteiger partial charge in [-0.05, 0) is 30.7 Å². The molecule has 0 aliphatic heterocycles. The lowest BCUT2D eigenvalue weighted by Gasteiger charge is -2.06. The second kappa shape index (κ2) is 6.04. The standard InChI is InChI=1S/C13H14F3N3O/c14-13(15,16)10-5-3-9(4-6-10)8-11-18-12(20-19-11)2-1-7-17/h3-6H,1-2,7-8,17H2. The van der Waals surface area contributed by atoms with Crippen molar-refractivity contribution in [2.45, 2.75) is 25.4 Å². The van der Waals surface area contributed by atoms with Crippen molar-refractivity contribution < 1.29 is 17.7 Å². The van der Waals surface area contributed by atoms with Gasteiger partial charge in [0.25, 0.3) is 0 Å². The number of benzene rings is 1. The van der Waals surface area contributed by atoms with Crippen molar-refractivity contribution in [2.24, 2.45) is 5.73 Å². The first-order chi connectivity index (χ1) is 9.49. The smallest absolute Gasteiger partial charge is 0.339 e. The number of hydrogen-bond acceptors (Lipinski definition) is 4. The molecule has 2 N–H and O–H groups in total. The third kappa shape index (κ3) is 3.80. The van der Waals surface area contributed by atoms with E-state index < -0.39 is 11.7 Å². The summed E-state index contributed by atoms with van der Waals surface area (Å²) in [6, 6.07) is 4.92. The molecule has 0 aliphatic rings. The van der Waals surface area contributed by atoms with E-state index in [1.165, 1.54) is 12.1 Å². The lowest BCUT2D eigenvalue weighted by atomic mass is 10.1. The van der Waals surface area contributed by atoms with Gasteiger partial charge in [0, 0.05) is 12.8 Å². The van der Waals surface area contributed by atoms with Gasteiger partial charge in [0.15, 0.2) is 5.82 Å². The van der Waals surface area contributed by atoms with Gasteiger partial charge < -0.3 is 10.3 Å². The molecule has 0 saturated heterocycles. The zero-order chi connectivity index (χ0) is 14.6. The average Bonchev–Trinajstić information content (AvgIpc) is 2.83. The molecule has 2 aromatic rings. The molecule has 108 valence electrons. The summed E-state index contributed by atoms with van der Waals surface area (Å²) in [6.45, 7) is 0.538. The third-order valence-corrected chi connectivity index (χ3v) is 2.75.